The SMILES string of the molecule is O=C(O)c1cc(-c2ccc3c(c2)CCO3)no1. The minimum Gasteiger partial charge on any atom is -0.493 e. The predicted octanol–water partition coefficient (Wildman–Crippen LogP) is 1.97. The summed E-state index contributed by atoms with van der Waals surface area (Å²) in [6.45, 7) is 0.692. The van der Waals surface area contributed by atoms with Gasteiger partial charge in [-0.1, -0.05) is 5.16 Å². The minimum absolute atomic E-state index is 0.156. The highest BCUT2D eigenvalue weighted by Gasteiger charge is 2.16. The molecule has 0 amide bonds. The van der Waals surface area contributed by atoms with Crippen molar-refractivity contribution in [3.8, 4) is 17.0 Å². The molecule has 17 heavy (non-hydrogen) atoms. The molecule has 5 heteroatoms. The van der Waals surface area contributed by atoms with E-state index in [0.29, 0.717) is 12.3 Å². The summed E-state index contributed by atoms with van der Waals surface area (Å²) in [6, 6.07) is 7.08. The van der Waals surface area contributed by atoms with Gasteiger partial charge in [0.1, 0.15) is 11.4 Å². The molecule has 5 nitrogen and oxygen atoms in total. The van der Waals surface area contributed by atoms with Gasteiger partial charge < -0.3 is 14.4 Å². The summed E-state index contributed by atoms with van der Waals surface area (Å²) >= 11 is 0. The minimum atomic E-state index is -1.12. The first-order chi connectivity index (χ1) is 8.24. The Morgan fingerprint density at radius 1 is 1.35 bits per heavy atom. The van der Waals surface area contributed by atoms with Crippen molar-refractivity contribution in [2.75, 3.05) is 6.61 Å². The molecule has 1 aromatic heterocycles. The number of hydrogen-bond donors (Lipinski definition) is 1. The molecule has 0 fully saturated rings. The lowest BCUT2D eigenvalue weighted by molar-refractivity contribution is 0.0652. The first kappa shape index (κ1) is 9.89. The number of carboxylic acids is 1. The Bertz CT molecular complexity index is 588. The van der Waals surface area contributed by atoms with E-state index in [1.807, 2.05) is 18.2 Å². The second-order valence-electron chi connectivity index (χ2n) is 3.80. The number of nitrogens with zero attached hydrogens (tertiary/aromatic N) is 1. The van der Waals surface area contributed by atoms with Gasteiger partial charge in [0.25, 0.3) is 0 Å². The van der Waals surface area contributed by atoms with Crippen molar-refractivity contribution >= 4 is 5.97 Å². The third kappa shape index (κ3) is 1.65. The van der Waals surface area contributed by atoms with Gasteiger partial charge in [0.15, 0.2) is 0 Å². The van der Waals surface area contributed by atoms with Gasteiger partial charge in [0.2, 0.25) is 5.76 Å². The number of benzene rings is 1. The fraction of sp³-hybridized carbons (Fsp3) is 0.167. The van der Waals surface area contributed by atoms with Crippen LogP contribution < -0.4 is 4.74 Å². The predicted molar refractivity (Wildman–Crippen MR) is 58.1 cm³/mol. The second-order valence-corrected chi connectivity index (χ2v) is 3.80. The van der Waals surface area contributed by atoms with E-state index < -0.39 is 5.97 Å². The maximum absolute atomic E-state index is 10.7. The van der Waals surface area contributed by atoms with Crippen molar-refractivity contribution in [1.82, 2.24) is 5.16 Å². The van der Waals surface area contributed by atoms with Crippen LogP contribution in [0.1, 0.15) is 16.1 Å². The van der Waals surface area contributed by atoms with E-state index in [1.54, 1.807) is 0 Å². The van der Waals surface area contributed by atoms with Gasteiger partial charge in [-0.25, -0.2) is 4.79 Å². The van der Waals surface area contributed by atoms with Gasteiger partial charge in [0, 0.05) is 18.1 Å². The summed E-state index contributed by atoms with van der Waals surface area (Å²) in [6.07, 6.45) is 0.868. The summed E-state index contributed by atoms with van der Waals surface area (Å²) < 4.78 is 10.1. The molecular weight excluding hydrogens is 222 g/mol. The number of fused-ring (bicyclic) bond motifs is 1. The van der Waals surface area contributed by atoms with E-state index in [4.69, 9.17) is 14.4 Å². The number of hydrogen-bond acceptors (Lipinski definition) is 4. The zero-order chi connectivity index (χ0) is 11.8. The Morgan fingerprint density at radius 3 is 3.00 bits per heavy atom. The van der Waals surface area contributed by atoms with Crippen LogP contribution in [0.5, 0.6) is 5.75 Å². The van der Waals surface area contributed by atoms with Crippen LogP contribution in [0.4, 0.5) is 0 Å². The van der Waals surface area contributed by atoms with Gasteiger partial charge >= 0.3 is 5.97 Å². The molecule has 0 radical (unpaired) electrons. The molecule has 1 aliphatic rings. The maximum atomic E-state index is 10.7. The van der Waals surface area contributed by atoms with Crippen molar-refractivity contribution in [1.29, 1.82) is 0 Å². The van der Waals surface area contributed by atoms with Gasteiger partial charge in [0.05, 0.1) is 6.61 Å². The van der Waals surface area contributed by atoms with Crippen LogP contribution in [0.25, 0.3) is 11.3 Å². The molecule has 1 N–H and O–H groups in total. The highest BCUT2D eigenvalue weighted by molar-refractivity contribution is 5.85. The maximum Gasteiger partial charge on any atom is 0.374 e. The zero-order valence-corrected chi connectivity index (χ0v) is 8.84. The average Bonchev–Trinajstić information content (AvgIpc) is 2.97. The number of carbonyl (C=O) groups is 1. The molecule has 2 heterocycles. The molecule has 3 rings (SSSR count). The molecule has 0 atom stereocenters. The monoisotopic (exact) mass is 231 g/mol. The summed E-state index contributed by atoms with van der Waals surface area (Å²) in [5, 5.41) is 12.5. The van der Waals surface area contributed by atoms with E-state index in [-0.39, 0.29) is 5.76 Å². The van der Waals surface area contributed by atoms with Crippen molar-refractivity contribution in [3.63, 3.8) is 0 Å². The Balaban J connectivity index is 2.00. The number of aromatic carboxylic acids is 1. The van der Waals surface area contributed by atoms with Crippen LogP contribution in [0.15, 0.2) is 28.8 Å². The third-order valence-corrected chi connectivity index (χ3v) is 2.71. The van der Waals surface area contributed by atoms with E-state index >= 15 is 0 Å². The third-order valence-electron chi connectivity index (χ3n) is 2.71. The van der Waals surface area contributed by atoms with Crippen LogP contribution >= 0.6 is 0 Å². The normalized spacial score (nSPS) is 13.2. The number of aromatic nitrogens is 1. The fourth-order valence-corrected chi connectivity index (χ4v) is 1.86. The van der Waals surface area contributed by atoms with E-state index in [0.717, 1.165) is 23.3 Å². The molecule has 1 aromatic carbocycles. The van der Waals surface area contributed by atoms with Crippen LogP contribution in [0, 0.1) is 0 Å². The van der Waals surface area contributed by atoms with Gasteiger partial charge in [-0.2, -0.15) is 0 Å². The molecule has 0 saturated carbocycles. The Kier molecular flexibility index (Phi) is 2.11. The van der Waals surface area contributed by atoms with Crippen LogP contribution in [0.3, 0.4) is 0 Å². The van der Waals surface area contributed by atoms with Crippen molar-refractivity contribution in [2.45, 2.75) is 6.42 Å². The summed E-state index contributed by atoms with van der Waals surface area (Å²) in [5.74, 6) is -0.388. The Morgan fingerprint density at radius 2 is 2.24 bits per heavy atom. The lowest BCUT2D eigenvalue weighted by Gasteiger charge is -2.00. The van der Waals surface area contributed by atoms with Gasteiger partial charge in [-0.05, 0) is 23.8 Å². The smallest absolute Gasteiger partial charge is 0.374 e. The van der Waals surface area contributed by atoms with Crippen LogP contribution in [-0.4, -0.2) is 22.8 Å². The Labute approximate surface area is 96.6 Å². The Hall–Kier alpha value is -2.30. The number of rotatable bonds is 2. The standard InChI is InChI=1S/C12H9NO4/c14-12(15)11-6-9(13-17-11)7-1-2-10-8(5-7)3-4-16-10/h1-2,5-6H,3-4H2,(H,14,15). The quantitative estimate of drug-likeness (QED) is 0.855. The van der Waals surface area contributed by atoms with Gasteiger partial charge in [-0.15, -0.1) is 0 Å². The number of ether oxygens (including phenoxy) is 1. The van der Waals surface area contributed by atoms with Crippen molar-refractivity contribution in [3.05, 3.63) is 35.6 Å². The summed E-state index contributed by atoms with van der Waals surface area (Å²) in [4.78, 5) is 10.7. The highest BCUT2D eigenvalue weighted by Crippen LogP contribution is 2.30. The molecule has 0 saturated heterocycles. The molecule has 0 aliphatic carbocycles. The summed E-state index contributed by atoms with van der Waals surface area (Å²) in [7, 11) is 0. The molecular formula is C12H9NO4. The van der Waals surface area contributed by atoms with Crippen LogP contribution in [-0.2, 0) is 6.42 Å². The molecule has 86 valence electrons. The van der Waals surface area contributed by atoms with E-state index in [1.165, 1.54) is 6.07 Å². The first-order valence-corrected chi connectivity index (χ1v) is 5.20. The van der Waals surface area contributed by atoms with Crippen molar-refractivity contribution in [2.24, 2.45) is 0 Å². The second kappa shape index (κ2) is 3.62. The molecule has 2 aromatic rings. The zero-order valence-electron chi connectivity index (χ0n) is 8.84. The van der Waals surface area contributed by atoms with Gasteiger partial charge in [-0.3, -0.25) is 0 Å². The lowest BCUT2D eigenvalue weighted by atomic mass is 10.1. The topological polar surface area (TPSA) is 72.6 Å². The molecule has 1 aliphatic heterocycles. The summed E-state index contributed by atoms with van der Waals surface area (Å²) in [5.41, 5.74) is 2.48. The molecule has 0 unspecified atom stereocenters. The fourth-order valence-electron chi connectivity index (χ4n) is 1.86. The van der Waals surface area contributed by atoms with E-state index in [9.17, 15) is 4.79 Å². The largest absolute Gasteiger partial charge is 0.493 e. The molecule has 0 spiro atoms. The van der Waals surface area contributed by atoms with Crippen molar-refractivity contribution < 1.29 is 19.2 Å². The van der Waals surface area contributed by atoms with E-state index in [2.05, 4.69) is 5.16 Å². The average molecular weight is 231 g/mol. The van der Waals surface area contributed by atoms with Crippen LogP contribution in [0.2, 0.25) is 0 Å². The molecule has 0 bridgehead atoms. The number of carboxylic acid groups (broad SMARTS) is 1. The lowest BCUT2D eigenvalue weighted by Crippen LogP contribution is -1.91. The highest BCUT2D eigenvalue weighted by atomic mass is 16.5. The first-order valence-electron chi connectivity index (χ1n) is 5.20.